The van der Waals surface area contributed by atoms with Crippen LogP contribution in [0.15, 0.2) is 24.4 Å². The van der Waals surface area contributed by atoms with Crippen molar-refractivity contribution in [3.8, 4) is 0 Å². The molecule has 0 saturated carbocycles. The molecule has 1 fully saturated rings. The lowest BCUT2D eigenvalue weighted by molar-refractivity contribution is 0.0715. The molecule has 1 aliphatic rings. The quantitative estimate of drug-likeness (QED) is 0.881. The predicted octanol–water partition coefficient (Wildman–Crippen LogP) is 1.93. The van der Waals surface area contributed by atoms with Crippen LogP contribution >= 0.6 is 0 Å². The molecule has 104 valence electrons. The molecule has 0 aromatic carbocycles. The molecule has 0 spiro atoms. The van der Waals surface area contributed by atoms with Crippen LogP contribution in [0, 0.1) is 5.92 Å². The van der Waals surface area contributed by atoms with Crippen molar-refractivity contribution in [2.75, 3.05) is 19.6 Å². The Kier molecular flexibility index (Phi) is 4.91. The molecule has 1 N–H and O–H groups in total. The number of amides is 1. The summed E-state index contributed by atoms with van der Waals surface area (Å²) >= 11 is 0. The first kappa shape index (κ1) is 14.0. The maximum absolute atomic E-state index is 12.5. The zero-order valence-electron chi connectivity index (χ0n) is 11.8. The van der Waals surface area contributed by atoms with Gasteiger partial charge in [-0.15, -0.1) is 0 Å². The lowest BCUT2D eigenvalue weighted by Crippen LogP contribution is -2.43. The Balaban J connectivity index is 2.05. The average Bonchev–Trinajstić information content (AvgIpc) is 2.90. The van der Waals surface area contributed by atoms with Gasteiger partial charge in [0, 0.05) is 25.3 Å². The highest BCUT2D eigenvalue weighted by atomic mass is 16.2. The number of hydrogen-bond donors (Lipinski definition) is 1. The number of rotatable bonds is 5. The number of hydrogen-bond acceptors (Lipinski definition) is 3. The highest BCUT2D eigenvalue weighted by Gasteiger charge is 2.23. The van der Waals surface area contributed by atoms with Gasteiger partial charge in [-0.25, -0.2) is 0 Å². The van der Waals surface area contributed by atoms with Gasteiger partial charge in [0.15, 0.2) is 0 Å². The van der Waals surface area contributed by atoms with E-state index in [9.17, 15) is 4.79 Å². The Morgan fingerprint density at radius 3 is 2.95 bits per heavy atom. The molecule has 1 atom stereocenters. The smallest absolute Gasteiger partial charge is 0.272 e. The van der Waals surface area contributed by atoms with Crippen LogP contribution in [0.5, 0.6) is 0 Å². The van der Waals surface area contributed by atoms with E-state index in [4.69, 9.17) is 0 Å². The highest BCUT2D eigenvalue weighted by molar-refractivity contribution is 5.92. The molecule has 2 heterocycles. The third-order valence-electron chi connectivity index (χ3n) is 3.36. The molecule has 1 unspecified atom stereocenters. The number of nitrogens with zero attached hydrogens (tertiary/aromatic N) is 2. The first-order chi connectivity index (χ1) is 9.16. The molecule has 1 aromatic rings. The van der Waals surface area contributed by atoms with Crippen LogP contribution in [0.3, 0.4) is 0 Å². The standard InChI is InChI=1S/C15H23N3O/c1-12(2)10-18(11-13-6-5-9-16-13)15(19)14-7-3-4-8-17-14/h3-4,7-8,12-13,16H,5-6,9-11H2,1-2H3. The summed E-state index contributed by atoms with van der Waals surface area (Å²) in [5, 5.41) is 3.45. The monoisotopic (exact) mass is 261 g/mol. The minimum atomic E-state index is 0.0444. The van der Waals surface area contributed by atoms with Crippen molar-refractivity contribution in [2.45, 2.75) is 32.7 Å². The molecule has 4 heteroatoms. The summed E-state index contributed by atoms with van der Waals surface area (Å²) in [5.74, 6) is 0.511. The van der Waals surface area contributed by atoms with E-state index in [1.54, 1.807) is 12.3 Å². The minimum absolute atomic E-state index is 0.0444. The molecule has 2 rings (SSSR count). The Hall–Kier alpha value is -1.42. The van der Waals surface area contributed by atoms with E-state index in [0.717, 1.165) is 26.1 Å². The van der Waals surface area contributed by atoms with Gasteiger partial charge in [-0.1, -0.05) is 19.9 Å². The molecule has 1 saturated heterocycles. The molecular weight excluding hydrogens is 238 g/mol. The van der Waals surface area contributed by atoms with Crippen LogP contribution in [0.1, 0.15) is 37.2 Å². The van der Waals surface area contributed by atoms with Gasteiger partial charge in [-0.3, -0.25) is 9.78 Å². The first-order valence-corrected chi connectivity index (χ1v) is 7.10. The van der Waals surface area contributed by atoms with Crippen molar-refractivity contribution in [3.05, 3.63) is 30.1 Å². The average molecular weight is 261 g/mol. The third kappa shape index (κ3) is 4.03. The van der Waals surface area contributed by atoms with E-state index in [2.05, 4.69) is 24.1 Å². The third-order valence-corrected chi connectivity index (χ3v) is 3.36. The zero-order chi connectivity index (χ0) is 13.7. The van der Waals surface area contributed by atoms with Crippen molar-refractivity contribution in [3.63, 3.8) is 0 Å². The van der Waals surface area contributed by atoms with Gasteiger partial charge >= 0.3 is 0 Å². The van der Waals surface area contributed by atoms with Crippen molar-refractivity contribution in [1.82, 2.24) is 15.2 Å². The van der Waals surface area contributed by atoms with Crippen molar-refractivity contribution >= 4 is 5.91 Å². The van der Waals surface area contributed by atoms with E-state index in [-0.39, 0.29) is 5.91 Å². The Labute approximate surface area is 115 Å². The van der Waals surface area contributed by atoms with E-state index in [1.807, 2.05) is 17.0 Å². The van der Waals surface area contributed by atoms with Gasteiger partial charge in [0.1, 0.15) is 5.69 Å². The molecule has 0 radical (unpaired) electrons. The molecule has 0 bridgehead atoms. The summed E-state index contributed by atoms with van der Waals surface area (Å²) in [6, 6.07) is 5.92. The molecule has 19 heavy (non-hydrogen) atoms. The molecule has 1 aromatic heterocycles. The zero-order valence-corrected chi connectivity index (χ0v) is 11.8. The van der Waals surface area contributed by atoms with Crippen molar-refractivity contribution in [1.29, 1.82) is 0 Å². The normalized spacial score (nSPS) is 18.8. The van der Waals surface area contributed by atoms with Gasteiger partial charge in [0.2, 0.25) is 0 Å². The second-order valence-electron chi connectivity index (χ2n) is 5.61. The van der Waals surface area contributed by atoms with Crippen LogP contribution in [0.2, 0.25) is 0 Å². The van der Waals surface area contributed by atoms with Crippen LogP contribution in [0.4, 0.5) is 0 Å². The SMILES string of the molecule is CC(C)CN(CC1CCCN1)C(=O)c1ccccn1. The Morgan fingerprint density at radius 1 is 1.53 bits per heavy atom. The summed E-state index contributed by atoms with van der Waals surface area (Å²) in [6.07, 6.45) is 4.04. The predicted molar refractivity (Wildman–Crippen MR) is 76.0 cm³/mol. The highest BCUT2D eigenvalue weighted by Crippen LogP contribution is 2.11. The fraction of sp³-hybridized carbons (Fsp3) is 0.600. The van der Waals surface area contributed by atoms with Crippen molar-refractivity contribution in [2.24, 2.45) is 5.92 Å². The van der Waals surface area contributed by atoms with Crippen LogP contribution in [0.25, 0.3) is 0 Å². The fourth-order valence-corrected chi connectivity index (χ4v) is 2.51. The van der Waals surface area contributed by atoms with E-state index in [0.29, 0.717) is 17.7 Å². The van der Waals surface area contributed by atoms with Gasteiger partial charge < -0.3 is 10.2 Å². The van der Waals surface area contributed by atoms with E-state index in [1.165, 1.54) is 6.42 Å². The van der Waals surface area contributed by atoms with Crippen LogP contribution in [-0.4, -0.2) is 41.5 Å². The van der Waals surface area contributed by atoms with Crippen LogP contribution < -0.4 is 5.32 Å². The Morgan fingerprint density at radius 2 is 2.37 bits per heavy atom. The second-order valence-corrected chi connectivity index (χ2v) is 5.61. The Bertz CT molecular complexity index is 399. The molecule has 0 aliphatic carbocycles. The number of nitrogens with one attached hydrogen (secondary N) is 1. The summed E-state index contributed by atoms with van der Waals surface area (Å²) < 4.78 is 0. The maximum atomic E-state index is 12.5. The fourth-order valence-electron chi connectivity index (χ4n) is 2.51. The van der Waals surface area contributed by atoms with E-state index < -0.39 is 0 Å². The van der Waals surface area contributed by atoms with Crippen molar-refractivity contribution < 1.29 is 4.79 Å². The second kappa shape index (κ2) is 6.66. The number of carbonyl (C=O) groups is 1. The van der Waals surface area contributed by atoms with Gasteiger partial charge in [-0.2, -0.15) is 0 Å². The lowest BCUT2D eigenvalue weighted by Gasteiger charge is -2.27. The summed E-state index contributed by atoms with van der Waals surface area (Å²) in [5.41, 5.74) is 0.543. The first-order valence-electron chi connectivity index (χ1n) is 7.10. The molecule has 1 aliphatic heterocycles. The maximum Gasteiger partial charge on any atom is 0.272 e. The molecule has 1 amide bonds. The molecule has 4 nitrogen and oxygen atoms in total. The summed E-state index contributed by atoms with van der Waals surface area (Å²) in [4.78, 5) is 18.6. The molecular formula is C15H23N3O. The summed E-state index contributed by atoms with van der Waals surface area (Å²) in [6.45, 7) is 6.92. The number of carbonyl (C=O) groups excluding carboxylic acids is 1. The number of pyridine rings is 1. The topological polar surface area (TPSA) is 45.2 Å². The van der Waals surface area contributed by atoms with E-state index >= 15 is 0 Å². The minimum Gasteiger partial charge on any atom is -0.335 e. The lowest BCUT2D eigenvalue weighted by atomic mass is 10.1. The number of aromatic nitrogens is 1. The largest absolute Gasteiger partial charge is 0.335 e. The summed E-state index contributed by atoms with van der Waals surface area (Å²) in [7, 11) is 0. The van der Waals surface area contributed by atoms with Gasteiger partial charge in [-0.05, 0) is 37.4 Å². The van der Waals surface area contributed by atoms with Gasteiger partial charge in [0.05, 0.1) is 0 Å². The van der Waals surface area contributed by atoms with Gasteiger partial charge in [0.25, 0.3) is 5.91 Å². The van der Waals surface area contributed by atoms with Crippen LogP contribution in [-0.2, 0) is 0 Å².